The highest BCUT2D eigenvalue weighted by Gasteiger charge is 2.24. The zero-order valence-corrected chi connectivity index (χ0v) is 13.2. The number of Topliss-reactive ketones (excluding diaryl/α,β-unsaturated/α-hetero) is 1. The summed E-state index contributed by atoms with van der Waals surface area (Å²) in [6, 6.07) is 12.4. The van der Waals surface area contributed by atoms with Crippen molar-refractivity contribution in [1.82, 2.24) is 4.72 Å². The smallest absolute Gasteiger partial charge is 0.241 e. The van der Waals surface area contributed by atoms with Crippen LogP contribution in [0.15, 0.2) is 47.4 Å². The Bertz CT molecular complexity index is 768. The Morgan fingerprint density at radius 1 is 1.05 bits per heavy atom. The highest BCUT2D eigenvalue weighted by atomic mass is 32.2. The fraction of sp³-hybridized carbons (Fsp3) is 0.312. The first-order valence-corrected chi connectivity index (χ1v) is 8.21. The topological polar surface area (TPSA) is 63.2 Å². The third kappa shape index (κ3) is 3.49. The lowest BCUT2D eigenvalue weighted by molar-refractivity contribution is -0.125. The van der Waals surface area contributed by atoms with Crippen molar-refractivity contribution in [3.63, 3.8) is 0 Å². The van der Waals surface area contributed by atoms with E-state index in [1.165, 1.54) is 0 Å². The van der Waals surface area contributed by atoms with Crippen LogP contribution in [0.5, 0.6) is 0 Å². The number of carbonyl (C=O) groups is 1. The maximum atomic E-state index is 12.4. The van der Waals surface area contributed by atoms with Crippen molar-refractivity contribution in [3.8, 4) is 0 Å². The van der Waals surface area contributed by atoms with Gasteiger partial charge in [0.05, 0.1) is 11.4 Å². The number of fused-ring (bicyclic) bond motifs is 1. The van der Waals surface area contributed by atoms with Gasteiger partial charge in [-0.05, 0) is 11.5 Å². The average Bonchev–Trinajstić information content (AvgIpc) is 2.43. The molecule has 0 aliphatic heterocycles. The van der Waals surface area contributed by atoms with E-state index in [-0.39, 0.29) is 17.2 Å². The number of ketones is 1. The summed E-state index contributed by atoms with van der Waals surface area (Å²) in [7, 11) is -3.71. The van der Waals surface area contributed by atoms with Crippen molar-refractivity contribution in [1.29, 1.82) is 0 Å². The van der Waals surface area contributed by atoms with Crippen LogP contribution in [0.2, 0.25) is 0 Å². The quantitative estimate of drug-likeness (QED) is 0.944. The van der Waals surface area contributed by atoms with Gasteiger partial charge in [0, 0.05) is 10.8 Å². The van der Waals surface area contributed by atoms with Crippen molar-refractivity contribution in [3.05, 3.63) is 42.5 Å². The standard InChI is InChI=1S/C16H19NO3S/c1-16(2,3)15(18)11-17-21(19,20)14-10-6-8-12-7-4-5-9-13(12)14/h4-10,17H,11H2,1-3H3. The van der Waals surface area contributed by atoms with Gasteiger partial charge >= 0.3 is 0 Å². The van der Waals surface area contributed by atoms with E-state index in [1.54, 1.807) is 45.0 Å². The zero-order valence-electron chi connectivity index (χ0n) is 12.4. The number of benzene rings is 2. The summed E-state index contributed by atoms with van der Waals surface area (Å²) in [6.45, 7) is 5.10. The van der Waals surface area contributed by atoms with Gasteiger partial charge in [-0.15, -0.1) is 0 Å². The molecule has 0 saturated heterocycles. The summed E-state index contributed by atoms with van der Waals surface area (Å²) < 4.78 is 27.2. The molecule has 0 saturated carbocycles. The minimum Gasteiger partial charge on any atom is -0.298 e. The number of sulfonamides is 1. The normalized spacial score (nSPS) is 12.5. The molecule has 4 nitrogen and oxygen atoms in total. The van der Waals surface area contributed by atoms with E-state index in [0.29, 0.717) is 5.39 Å². The van der Waals surface area contributed by atoms with Gasteiger partial charge in [-0.2, -0.15) is 0 Å². The van der Waals surface area contributed by atoms with E-state index in [1.807, 2.05) is 18.2 Å². The van der Waals surface area contributed by atoms with Crippen molar-refractivity contribution >= 4 is 26.6 Å². The molecule has 2 rings (SSSR count). The first-order chi connectivity index (χ1) is 9.72. The molecular weight excluding hydrogens is 286 g/mol. The lowest BCUT2D eigenvalue weighted by Gasteiger charge is -2.17. The summed E-state index contributed by atoms with van der Waals surface area (Å²) in [5, 5.41) is 1.50. The summed E-state index contributed by atoms with van der Waals surface area (Å²) in [6.07, 6.45) is 0. The summed E-state index contributed by atoms with van der Waals surface area (Å²) in [5.41, 5.74) is -0.568. The molecule has 2 aromatic rings. The Labute approximate surface area is 125 Å². The third-order valence-electron chi connectivity index (χ3n) is 3.30. The van der Waals surface area contributed by atoms with Gasteiger partial charge in [0.25, 0.3) is 0 Å². The van der Waals surface area contributed by atoms with Crippen molar-refractivity contribution in [2.75, 3.05) is 6.54 Å². The summed E-state index contributed by atoms with van der Waals surface area (Å²) in [5.74, 6) is -0.147. The van der Waals surface area contributed by atoms with Gasteiger partial charge in [0.15, 0.2) is 5.78 Å². The van der Waals surface area contributed by atoms with Crippen LogP contribution in [-0.4, -0.2) is 20.7 Å². The molecule has 0 aliphatic rings. The van der Waals surface area contributed by atoms with Crippen molar-refractivity contribution < 1.29 is 13.2 Å². The molecule has 21 heavy (non-hydrogen) atoms. The predicted octanol–water partition coefficient (Wildman–Crippen LogP) is 2.73. The molecule has 0 bridgehead atoms. The molecule has 0 amide bonds. The molecule has 0 spiro atoms. The molecule has 0 radical (unpaired) electrons. The van der Waals surface area contributed by atoms with Crippen LogP contribution >= 0.6 is 0 Å². The maximum Gasteiger partial charge on any atom is 0.241 e. The Kier molecular flexibility index (Phi) is 4.16. The lowest BCUT2D eigenvalue weighted by Crippen LogP contribution is -2.35. The van der Waals surface area contributed by atoms with Gasteiger partial charge in [-0.3, -0.25) is 4.79 Å². The van der Waals surface area contributed by atoms with Crippen LogP contribution in [0.1, 0.15) is 20.8 Å². The second-order valence-corrected chi connectivity index (χ2v) is 7.71. The van der Waals surface area contributed by atoms with E-state index >= 15 is 0 Å². The molecule has 5 heteroatoms. The average molecular weight is 305 g/mol. The van der Waals surface area contributed by atoms with E-state index in [0.717, 1.165) is 5.39 Å². The lowest BCUT2D eigenvalue weighted by atomic mass is 9.91. The van der Waals surface area contributed by atoms with Gasteiger partial charge in [0.1, 0.15) is 0 Å². The van der Waals surface area contributed by atoms with E-state index in [9.17, 15) is 13.2 Å². The van der Waals surface area contributed by atoms with Crippen LogP contribution < -0.4 is 4.72 Å². The van der Waals surface area contributed by atoms with Crippen LogP contribution in [0, 0.1) is 5.41 Å². The minimum absolute atomic E-state index is 0.147. The second-order valence-electron chi connectivity index (χ2n) is 5.98. The van der Waals surface area contributed by atoms with Gasteiger partial charge < -0.3 is 0 Å². The van der Waals surface area contributed by atoms with E-state index < -0.39 is 15.4 Å². The number of rotatable bonds is 4. The highest BCUT2D eigenvalue weighted by Crippen LogP contribution is 2.22. The van der Waals surface area contributed by atoms with Crippen LogP contribution in [-0.2, 0) is 14.8 Å². The maximum absolute atomic E-state index is 12.4. The zero-order chi connectivity index (χ0) is 15.7. The molecule has 0 aromatic heterocycles. The van der Waals surface area contributed by atoms with E-state index in [2.05, 4.69) is 4.72 Å². The van der Waals surface area contributed by atoms with E-state index in [4.69, 9.17) is 0 Å². The Morgan fingerprint density at radius 3 is 2.33 bits per heavy atom. The van der Waals surface area contributed by atoms with Gasteiger partial charge in [-0.25, -0.2) is 13.1 Å². The molecule has 112 valence electrons. The molecule has 0 unspecified atom stereocenters. The fourth-order valence-corrected chi connectivity index (χ4v) is 3.14. The highest BCUT2D eigenvalue weighted by molar-refractivity contribution is 7.89. The predicted molar refractivity (Wildman–Crippen MR) is 83.6 cm³/mol. The molecule has 0 fully saturated rings. The Morgan fingerprint density at radius 2 is 1.67 bits per heavy atom. The summed E-state index contributed by atoms with van der Waals surface area (Å²) in [4.78, 5) is 12.1. The Balaban J connectivity index is 2.33. The molecule has 2 aromatic carbocycles. The largest absolute Gasteiger partial charge is 0.298 e. The first-order valence-electron chi connectivity index (χ1n) is 6.72. The molecule has 0 heterocycles. The van der Waals surface area contributed by atoms with Crippen LogP contribution in [0.3, 0.4) is 0 Å². The number of hydrogen-bond donors (Lipinski definition) is 1. The number of hydrogen-bond acceptors (Lipinski definition) is 3. The third-order valence-corrected chi connectivity index (χ3v) is 4.76. The molecular formula is C16H19NO3S. The second kappa shape index (κ2) is 5.58. The molecule has 0 aliphatic carbocycles. The Hall–Kier alpha value is -1.72. The molecule has 1 N–H and O–H groups in total. The van der Waals surface area contributed by atoms with Crippen molar-refractivity contribution in [2.24, 2.45) is 5.41 Å². The molecule has 0 atom stereocenters. The first kappa shape index (κ1) is 15.7. The fourth-order valence-electron chi connectivity index (χ4n) is 1.93. The summed E-state index contributed by atoms with van der Waals surface area (Å²) >= 11 is 0. The van der Waals surface area contributed by atoms with Crippen molar-refractivity contribution in [2.45, 2.75) is 25.7 Å². The monoisotopic (exact) mass is 305 g/mol. The minimum atomic E-state index is -3.71. The van der Waals surface area contributed by atoms with Gasteiger partial charge in [0.2, 0.25) is 10.0 Å². The van der Waals surface area contributed by atoms with Crippen LogP contribution in [0.4, 0.5) is 0 Å². The number of nitrogens with one attached hydrogen (secondary N) is 1. The van der Waals surface area contributed by atoms with Gasteiger partial charge in [-0.1, -0.05) is 57.2 Å². The number of carbonyl (C=O) groups excluding carboxylic acids is 1. The van der Waals surface area contributed by atoms with Crippen LogP contribution in [0.25, 0.3) is 10.8 Å². The SMILES string of the molecule is CC(C)(C)C(=O)CNS(=O)(=O)c1cccc2ccccc12.